The number of amides is 1. The molecule has 0 spiro atoms. The van der Waals surface area contributed by atoms with Crippen molar-refractivity contribution in [1.82, 2.24) is 0 Å². The average Bonchev–Trinajstić information content (AvgIpc) is 2.21. The quantitative estimate of drug-likeness (QED) is 0.766. The highest BCUT2D eigenvalue weighted by Gasteiger charge is 2.31. The number of carboxylic acid groups (broad SMARTS) is 1. The van der Waals surface area contributed by atoms with Crippen LogP contribution in [0.2, 0.25) is 0 Å². The van der Waals surface area contributed by atoms with Gasteiger partial charge in [0.15, 0.2) is 0 Å². The standard InChI is InChI=1S/C7H10F3NO3.C5H9F/c8-7(9,10)2-1-4(6(13)14)3-5(11)12;1-5(6)3-2-4-5/h4H,1-3H2,(H2,11,12)(H,13,14);2-4H2,1H3. The van der Waals surface area contributed by atoms with E-state index in [1.807, 2.05) is 0 Å². The van der Waals surface area contributed by atoms with Gasteiger partial charge in [0.05, 0.1) is 5.92 Å². The van der Waals surface area contributed by atoms with Crippen LogP contribution in [0.4, 0.5) is 17.6 Å². The van der Waals surface area contributed by atoms with Gasteiger partial charge in [0.25, 0.3) is 0 Å². The van der Waals surface area contributed by atoms with Gasteiger partial charge >= 0.3 is 12.1 Å². The summed E-state index contributed by atoms with van der Waals surface area (Å²) in [6.45, 7) is 1.66. The lowest BCUT2D eigenvalue weighted by atomic mass is 9.84. The average molecular weight is 301 g/mol. The number of hydrogen-bond donors (Lipinski definition) is 2. The molecule has 1 fully saturated rings. The summed E-state index contributed by atoms with van der Waals surface area (Å²) >= 11 is 0. The molecular formula is C12H19F4NO3. The molecule has 1 amide bonds. The Morgan fingerprint density at radius 3 is 2.00 bits per heavy atom. The van der Waals surface area contributed by atoms with Gasteiger partial charge in [-0.3, -0.25) is 9.59 Å². The maximum Gasteiger partial charge on any atom is 0.389 e. The molecule has 8 heteroatoms. The van der Waals surface area contributed by atoms with E-state index in [4.69, 9.17) is 5.11 Å². The number of halogens is 4. The molecular weight excluding hydrogens is 282 g/mol. The molecule has 0 aromatic heterocycles. The van der Waals surface area contributed by atoms with E-state index >= 15 is 0 Å². The van der Waals surface area contributed by atoms with Crippen LogP contribution in [0.25, 0.3) is 0 Å². The minimum Gasteiger partial charge on any atom is -0.481 e. The summed E-state index contributed by atoms with van der Waals surface area (Å²) in [7, 11) is 0. The predicted molar refractivity (Wildman–Crippen MR) is 63.6 cm³/mol. The zero-order valence-electron chi connectivity index (χ0n) is 11.2. The van der Waals surface area contributed by atoms with Gasteiger partial charge in [0, 0.05) is 12.8 Å². The second-order valence-corrected chi connectivity index (χ2v) is 5.13. The number of nitrogens with two attached hydrogens (primary N) is 1. The maximum absolute atomic E-state index is 12.2. The van der Waals surface area contributed by atoms with Crippen molar-refractivity contribution in [2.75, 3.05) is 0 Å². The van der Waals surface area contributed by atoms with Gasteiger partial charge in [-0.05, 0) is 32.6 Å². The normalized spacial score (nSPS) is 18.2. The zero-order chi connectivity index (χ0) is 16.0. The van der Waals surface area contributed by atoms with Crippen LogP contribution in [0.5, 0.6) is 0 Å². The summed E-state index contributed by atoms with van der Waals surface area (Å²) in [5, 5.41) is 8.44. The summed E-state index contributed by atoms with van der Waals surface area (Å²) in [6, 6.07) is 0. The summed E-state index contributed by atoms with van der Waals surface area (Å²) in [6.07, 6.45) is -4.16. The van der Waals surface area contributed by atoms with Gasteiger partial charge in [-0.15, -0.1) is 0 Å². The van der Waals surface area contributed by atoms with Crippen molar-refractivity contribution in [3.63, 3.8) is 0 Å². The van der Waals surface area contributed by atoms with E-state index in [1.54, 1.807) is 6.92 Å². The fraction of sp³-hybridized carbons (Fsp3) is 0.833. The van der Waals surface area contributed by atoms with E-state index in [-0.39, 0.29) is 0 Å². The largest absolute Gasteiger partial charge is 0.481 e. The molecule has 1 atom stereocenters. The smallest absolute Gasteiger partial charge is 0.389 e. The molecule has 1 aliphatic carbocycles. The van der Waals surface area contributed by atoms with Crippen LogP contribution in [0.1, 0.15) is 45.4 Å². The van der Waals surface area contributed by atoms with Gasteiger partial charge < -0.3 is 10.8 Å². The lowest BCUT2D eigenvalue weighted by molar-refractivity contribution is -0.150. The third kappa shape index (κ3) is 9.57. The second kappa shape index (κ2) is 7.44. The van der Waals surface area contributed by atoms with Crippen molar-refractivity contribution >= 4 is 11.9 Å². The Bertz CT molecular complexity index is 336. The van der Waals surface area contributed by atoms with Gasteiger partial charge in [-0.2, -0.15) is 13.2 Å². The third-order valence-corrected chi connectivity index (χ3v) is 2.97. The maximum atomic E-state index is 12.2. The van der Waals surface area contributed by atoms with E-state index in [0.29, 0.717) is 0 Å². The molecule has 20 heavy (non-hydrogen) atoms. The van der Waals surface area contributed by atoms with Gasteiger partial charge in [-0.1, -0.05) is 0 Å². The number of carbonyl (C=O) groups is 2. The number of hydrogen-bond acceptors (Lipinski definition) is 2. The Hall–Kier alpha value is -1.34. The topological polar surface area (TPSA) is 80.4 Å². The molecule has 118 valence electrons. The Labute approximate surface area is 114 Å². The lowest BCUT2D eigenvalue weighted by Gasteiger charge is -2.28. The van der Waals surface area contributed by atoms with Crippen molar-refractivity contribution in [2.45, 2.75) is 57.3 Å². The molecule has 1 rings (SSSR count). The Morgan fingerprint density at radius 1 is 1.35 bits per heavy atom. The molecule has 1 saturated carbocycles. The molecule has 0 radical (unpaired) electrons. The fourth-order valence-corrected chi connectivity index (χ4v) is 1.56. The molecule has 0 saturated heterocycles. The Morgan fingerprint density at radius 2 is 1.80 bits per heavy atom. The first-order valence-electron chi connectivity index (χ1n) is 6.20. The van der Waals surface area contributed by atoms with Gasteiger partial charge in [0.2, 0.25) is 5.91 Å². The number of carboxylic acids is 1. The second-order valence-electron chi connectivity index (χ2n) is 5.13. The van der Waals surface area contributed by atoms with E-state index in [2.05, 4.69) is 5.73 Å². The highest BCUT2D eigenvalue weighted by Crippen LogP contribution is 2.34. The number of rotatable bonds is 5. The van der Waals surface area contributed by atoms with Crippen molar-refractivity contribution in [2.24, 2.45) is 11.7 Å². The first-order valence-corrected chi connectivity index (χ1v) is 6.20. The SMILES string of the molecule is CC1(F)CCC1.NC(=O)CC(CCC(F)(F)F)C(=O)O. The molecule has 0 heterocycles. The molecule has 3 N–H and O–H groups in total. The summed E-state index contributed by atoms with van der Waals surface area (Å²) in [5.74, 6) is -3.71. The van der Waals surface area contributed by atoms with Crippen LogP contribution in [0, 0.1) is 5.92 Å². The van der Waals surface area contributed by atoms with Crippen LogP contribution < -0.4 is 5.73 Å². The van der Waals surface area contributed by atoms with Crippen molar-refractivity contribution in [3.8, 4) is 0 Å². The number of primary amides is 1. The van der Waals surface area contributed by atoms with E-state index in [1.165, 1.54) is 0 Å². The highest BCUT2D eigenvalue weighted by molar-refractivity contribution is 5.80. The Balaban J connectivity index is 0.000000493. The van der Waals surface area contributed by atoms with Crippen LogP contribution in [-0.4, -0.2) is 28.8 Å². The van der Waals surface area contributed by atoms with Crippen molar-refractivity contribution in [1.29, 1.82) is 0 Å². The fourth-order valence-electron chi connectivity index (χ4n) is 1.56. The molecule has 1 unspecified atom stereocenters. The van der Waals surface area contributed by atoms with E-state index in [9.17, 15) is 27.2 Å². The van der Waals surface area contributed by atoms with Crippen molar-refractivity contribution < 1.29 is 32.3 Å². The minimum absolute atomic E-state index is 0.564. The number of alkyl halides is 4. The van der Waals surface area contributed by atoms with Gasteiger partial charge in [0.1, 0.15) is 5.67 Å². The van der Waals surface area contributed by atoms with Crippen molar-refractivity contribution in [3.05, 3.63) is 0 Å². The molecule has 1 aliphatic rings. The number of aliphatic carboxylic acids is 1. The monoisotopic (exact) mass is 301 g/mol. The van der Waals surface area contributed by atoms with Gasteiger partial charge in [-0.25, -0.2) is 4.39 Å². The Kier molecular flexibility index (Phi) is 6.95. The van der Waals surface area contributed by atoms with Crippen LogP contribution >= 0.6 is 0 Å². The molecule has 4 nitrogen and oxygen atoms in total. The molecule has 0 bridgehead atoms. The van der Waals surface area contributed by atoms with E-state index < -0.39 is 48.9 Å². The third-order valence-electron chi connectivity index (χ3n) is 2.97. The first kappa shape index (κ1) is 18.7. The predicted octanol–water partition coefficient (Wildman–Crippen LogP) is 2.80. The van der Waals surface area contributed by atoms with Crippen LogP contribution in [0.3, 0.4) is 0 Å². The summed E-state index contributed by atoms with van der Waals surface area (Å²) < 4.78 is 47.3. The number of carbonyl (C=O) groups excluding carboxylic acids is 1. The van der Waals surface area contributed by atoms with Crippen LogP contribution in [0.15, 0.2) is 0 Å². The lowest BCUT2D eigenvalue weighted by Crippen LogP contribution is -2.26. The van der Waals surface area contributed by atoms with E-state index in [0.717, 1.165) is 19.3 Å². The highest BCUT2D eigenvalue weighted by atomic mass is 19.4. The minimum atomic E-state index is -4.41. The summed E-state index contributed by atoms with van der Waals surface area (Å²) in [5.41, 5.74) is 3.91. The first-order chi connectivity index (χ1) is 8.93. The summed E-state index contributed by atoms with van der Waals surface area (Å²) in [4.78, 5) is 20.7. The van der Waals surface area contributed by atoms with Crippen LogP contribution in [-0.2, 0) is 9.59 Å². The zero-order valence-corrected chi connectivity index (χ0v) is 11.2. The molecule has 0 aromatic rings. The molecule has 0 aromatic carbocycles. The molecule has 0 aliphatic heterocycles.